The van der Waals surface area contributed by atoms with E-state index in [1.165, 1.54) is 34.9 Å². The molecule has 12 aromatic rings. The summed E-state index contributed by atoms with van der Waals surface area (Å²) in [6, 6.07) is 31.5. The molecule has 426 valence electrons. The minimum atomic E-state index is -1.55. The highest BCUT2D eigenvalue weighted by Gasteiger charge is 2.28. The molecule has 12 rings (SSSR count). The zero-order valence-electron chi connectivity index (χ0n) is 56.5. The number of hydrogen-bond acceptors (Lipinski definition) is 6. The van der Waals surface area contributed by atoms with Crippen LogP contribution in [-0.4, -0.2) is 15.0 Å². The van der Waals surface area contributed by atoms with E-state index in [0.717, 1.165) is 111 Å². The fourth-order valence-electron chi connectivity index (χ4n) is 11.9. The van der Waals surface area contributed by atoms with Crippen LogP contribution in [0, 0.1) is 41.5 Å². The van der Waals surface area contributed by atoms with Gasteiger partial charge in [0.15, 0.2) is 35.3 Å². The van der Waals surface area contributed by atoms with Crippen LogP contribution in [0.5, 0.6) is 0 Å². The van der Waals surface area contributed by atoms with E-state index in [9.17, 15) is 0 Å². The fourth-order valence-corrected chi connectivity index (χ4v) is 11.9. The van der Waals surface area contributed by atoms with Crippen LogP contribution in [0.1, 0.15) is 178 Å². The van der Waals surface area contributed by atoms with Gasteiger partial charge in [-0.15, -0.1) is 0 Å². The second kappa shape index (κ2) is 23.0. The Balaban J connectivity index is 0.000000145. The monoisotopic (exact) mass is 1110 g/mol. The number of pyridine rings is 6. The first-order valence-corrected chi connectivity index (χ1v) is 29.2. The molecule has 0 fully saturated rings. The van der Waals surface area contributed by atoms with Gasteiger partial charge in [0.1, 0.15) is 21.1 Å². The number of benzene rings is 3. The van der Waals surface area contributed by atoms with Crippen molar-refractivity contribution in [2.45, 2.75) is 154 Å². The number of hydrogen-bond donors (Lipinski definition) is 0. The lowest BCUT2D eigenvalue weighted by Gasteiger charge is -2.16. The van der Waals surface area contributed by atoms with E-state index >= 15 is 0 Å². The van der Waals surface area contributed by atoms with Crippen molar-refractivity contribution in [3.8, 4) is 33.8 Å². The molecule has 0 saturated heterocycles. The standard InChI is InChI=1S/2C25H29N2O.C24H27N2O/c2*1-14(2)20-12-22(27(7)13-21(20)15(3)4)23-16(5)8-10-18-19-11-9-17(6)26-25(19)28-24(18)23;1-7-17-13-26(6)21(12-20(17)14(2)3)22-15(4)8-10-18-19-11-9-16(5)25-24(19)27-23(18)22/h2*8-15H,1-7H3;8-14H,7H2,1-6H3/q3*+1/i14D;;7D2,14D. The van der Waals surface area contributed by atoms with Crippen molar-refractivity contribution in [1.29, 1.82) is 0 Å². The van der Waals surface area contributed by atoms with Crippen molar-refractivity contribution in [2.24, 2.45) is 21.1 Å². The highest BCUT2D eigenvalue weighted by Crippen LogP contribution is 2.41. The van der Waals surface area contributed by atoms with Crippen LogP contribution in [0.2, 0.25) is 0 Å². The molecule has 83 heavy (non-hydrogen) atoms. The first-order valence-electron chi connectivity index (χ1n) is 31.2. The Hall–Kier alpha value is -8.04. The maximum atomic E-state index is 8.72. The van der Waals surface area contributed by atoms with Gasteiger partial charge in [0.2, 0.25) is 34.2 Å². The Morgan fingerprint density at radius 2 is 0.699 bits per heavy atom. The Morgan fingerprint density at radius 3 is 1.02 bits per heavy atom. The van der Waals surface area contributed by atoms with Crippen molar-refractivity contribution in [1.82, 2.24) is 15.0 Å². The summed E-state index contributed by atoms with van der Waals surface area (Å²) in [7, 11) is 6.12. The Bertz CT molecular complexity index is 4680. The van der Waals surface area contributed by atoms with E-state index < -0.39 is 18.2 Å². The van der Waals surface area contributed by atoms with Gasteiger partial charge in [0, 0.05) is 89.8 Å². The van der Waals surface area contributed by atoms with E-state index in [1.807, 2.05) is 89.7 Å². The summed E-state index contributed by atoms with van der Waals surface area (Å²) >= 11 is 0. The fraction of sp³-hybridized carbons (Fsp3) is 0.351. The quantitative estimate of drug-likeness (QED) is 0.134. The lowest BCUT2D eigenvalue weighted by molar-refractivity contribution is -0.661. The van der Waals surface area contributed by atoms with Crippen LogP contribution < -0.4 is 13.7 Å². The number of aromatic nitrogens is 6. The van der Waals surface area contributed by atoms with Crippen molar-refractivity contribution in [3.63, 3.8) is 0 Å². The molecule has 9 nitrogen and oxygen atoms in total. The molecule has 0 unspecified atom stereocenters. The van der Waals surface area contributed by atoms with Crippen molar-refractivity contribution >= 4 is 66.2 Å². The average molecular weight is 1110 g/mol. The van der Waals surface area contributed by atoms with Crippen molar-refractivity contribution in [2.75, 3.05) is 0 Å². The number of furan rings is 3. The third-order valence-electron chi connectivity index (χ3n) is 16.5. The number of nitrogens with zero attached hydrogens (tertiary/aromatic N) is 6. The van der Waals surface area contributed by atoms with Crippen molar-refractivity contribution in [3.05, 3.63) is 177 Å². The van der Waals surface area contributed by atoms with Crippen molar-refractivity contribution < 1.29 is 32.4 Å². The molecular formula is C74H85N6O3+3. The van der Waals surface area contributed by atoms with Gasteiger partial charge in [0.25, 0.3) is 0 Å². The van der Waals surface area contributed by atoms with Gasteiger partial charge in [-0.05, 0) is 147 Å². The minimum Gasteiger partial charge on any atom is -0.437 e. The van der Waals surface area contributed by atoms with Crippen LogP contribution in [0.3, 0.4) is 0 Å². The SMILES string of the molecule is Cc1ccc2c(n1)oc1c(-c3cc(C(C)C)c(C(C)C)c[n+]3C)c(C)ccc12.[2H]C(C)(C)c1cc(-c2c(C)ccc3c2oc2nc(C)ccc23)[n+](C)cc1C(C)C.[2H]C([2H])(C)c1c[n+](C)c(-c2c(C)ccc3c2oc2nc(C)ccc23)cc1C([2H])(C)C. The van der Waals surface area contributed by atoms with Gasteiger partial charge in [0.05, 0.1) is 16.7 Å². The number of aryl methyl sites for hydroxylation is 10. The Kier molecular flexibility index (Phi) is 14.7. The zero-order valence-corrected chi connectivity index (χ0v) is 52.5. The molecular weight excluding hydrogens is 1020 g/mol. The predicted octanol–water partition coefficient (Wildman–Crippen LogP) is 18.4. The van der Waals surface area contributed by atoms with Gasteiger partial charge in [-0.2, -0.15) is 0 Å². The summed E-state index contributed by atoms with van der Waals surface area (Å²) in [6.07, 6.45) is 4.73. The predicted molar refractivity (Wildman–Crippen MR) is 343 cm³/mol. The maximum absolute atomic E-state index is 8.72. The van der Waals surface area contributed by atoms with Crippen LogP contribution in [0.4, 0.5) is 0 Å². The second-order valence-electron chi connectivity index (χ2n) is 24.3. The molecule has 0 saturated carbocycles. The number of fused-ring (bicyclic) bond motifs is 9. The molecule has 9 heteroatoms. The van der Waals surface area contributed by atoms with E-state index in [1.54, 1.807) is 13.8 Å². The molecule has 0 radical (unpaired) electrons. The third-order valence-corrected chi connectivity index (χ3v) is 16.5. The normalized spacial score (nSPS) is 13.1. The molecule has 9 heterocycles. The summed E-state index contributed by atoms with van der Waals surface area (Å²) in [5.74, 6) is -0.317. The molecule has 0 atom stereocenters. The summed E-state index contributed by atoms with van der Waals surface area (Å²) in [5, 5.41) is 6.29. The molecule has 0 spiro atoms. The first kappa shape index (κ1) is 53.0. The molecule has 9 aromatic heterocycles. The summed E-state index contributed by atoms with van der Waals surface area (Å²) in [4.78, 5) is 13.7. The molecule has 3 aromatic carbocycles. The zero-order chi connectivity index (χ0) is 63.3. The third kappa shape index (κ3) is 10.8. The maximum Gasteiger partial charge on any atom is 0.227 e. The average Bonchev–Trinajstić information content (AvgIpc) is 1.74. The summed E-state index contributed by atoms with van der Waals surface area (Å²) in [6.45, 7) is 34.7. The van der Waals surface area contributed by atoms with Gasteiger partial charge in [-0.1, -0.05) is 113 Å². The highest BCUT2D eigenvalue weighted by molar-refractivity contribution is 6.11. The van der Waals surface area contributed by atoms with Gasteiger partial charge in [-0.3, -0.25) is 0 Å². The van der Waals surface area contributed by atoms with Gasteiger partial charge >= 0.3 is 0 Å². The lowest BCUT2D eigenvalue weighted by Crippen LogP contribution is -2.32. The van der Waals surface area contributed by atoms with E-state index in [-0.39, 0.29) is 0 Å². The summed E-state index contributed by atoms with van der Waals surface area (Å²) < 4.78 is 59.1. The van der Waals surface area contributed by atoms with Gasteiger partial charge < -0.3 is 13.3 Å². The molecule has 0 aliphatic carbocycles. The molecule has 0 bridgehead atoms. The first-order chi connectivity index (χ1) is 40.7. The topological polar surface area (TPSA) is 89.7 Å². The van der Waals surface area contributed by atoms with Crippen LogP contribution in [0.25, 0.3) is 100.0 Å². The molecule has 0 aliphatic rings. The molecule has 0 aliphatic heterocycles. The van der Waals surface area contributed by atoms with Crippen LogP contribution in [-0.2, 0) is 27.5 Å². The highest BCUT2D eigenvalue weighted by atomic mass is 16.3. The van der Waals surface area contributed by atoms with E-state index in [2.05, 4.69) is 167 Å². The number of rotatable bonds is 9. The van der Waals surface area contributed by atoms with E-state index in [0.29, 0.717) is 46.0 Å². The summed E-state index contributed by atoms with van der Waals surface area (Å²) in [5.41, 5.74) is 23.4. The van der Waals surface area contributed by atoms with Crippen LogP contribution in [0.15, 0.2) is 123 Å². The largest absolute Gasteiger partial charge is 0.437 e. The minimum absolute atomic E-state index is 0.352. The molecule has 0 N–H and O–H groups in total. The lowest BCUT2D eigenvalue weighted by atomic mass is 9.90. The Labute approximate surface area is 496 Å². The van der Waals surface area contributed by atoms with Crippen LogP contribution >= 0.6 is 0 Å². The smallest absolute Gasteiger partial charge is 0.227 e. The second-order valence-corrected chi connectivity index (χ2v) is 24.3. The Morgan fingerprint density at radius 1 is 0.398 bits per heavy atom. The van der Waals surface area contributed by atoms with E-state index in [4.69, 9.17) is 18.7 Å². The molecule has 0 amide bonds. The van der Waals surface area contributed by atoms with Gasteiger partial charge in [-0.25, -0.2) is 28.7 Å².